The molecule has 6 heteroatoms. The summed E-state index contributed by atoms with van der Waals surface area (Å²) in [6.07, 6.45) is 1.04. The van der Waals surface area contributed by atoms with Crippen molar-refractivity contribution >= 4 is 17.6 Å². The Morgan fingerprint density at radius 3 is 2.54 bits per heavy atom. The van der Waals surface area contributed by atoms with Gasteiger partial charge in [0.1, 0.15) is 5.82 Å². The number of hydrogen-bond donors (Lipinski definition) is 2. The van der Waals surface area contributed by atoms with Crippen molar-refractivity contribution in [2.75, 3.05) is 19.4 Å². The molecule has 2 rings (SSSR count). The lowest BCUT2D eigenvalue weighted by atomic mass is 10.1. The number of nitrogens with zero attached hydrogens (tertiary/aromatic N) is 1. The predicted octanol–water partition coefficient (Wildman–Crippen LogP) is 3.48. The lowest BCUT2D eigenvalue weighted by molar-refractivity contribution is -0.128. The minimum atomic E-state index is -0.339. The zero-order valence-corrected chi connectivity index (χ0v) is 15.3. The van der Waals surface area contributed by atoms with Crippen LogP contribution >= 0.6 is 0 Å². The fourth-order valence-corrected chi connectivity index (χ4v) is 2.45. The number of carbonyl (C=O) groups excluding carboxylic acids is 2. The highest BCUT2D eigenvalue weighted by atomic mass is 19.1. The number of benzene rings is 2. The van der Waals surface area contributed by atoms with Crippen molar-refractivity contribution < 1.29 is 14.0 Å². The van der Waals surface area contributed by atoms with Crippen molar-refractivity contribution in [1.29, 1.82) is 0 Å². The zero-order valence-electron chi connectivity index (χ0n) is 15.3. The molecule has 0 unspecified atom stereocenters. The molecule has 0 bridgehead atoms. The van der Waals surface area contributed by atoms with Crippen LogP contribution in [-0.2, 0) is 17.8 Å². The Kier molecular flexibility index (Phi) is 6.72. The first kappa shape index (κ1) is 19.4. The van der Waals surface area contributed by atoms with Gasteiger partial charge in [-0.25, -0.2) is 9.18 Å². The fraction of sp³-hybridized carbons (Fsp3) is 0.300. The number of halogens is 1. The second-order valence-corrected chi connectivity index (χ2v) is 6.38. The zero-order chi connectivity index (χ0) is 19.1. The summed E-state index contributed by atoms with van der Waals surface area (Å²) in [4.78, 5) is 25.3. The molecule has 0 aliphatic carbocycles. The molecule has 0 heterocycles. The van der Waals surface area contributed by atoms with Crippen LogP contribution in [0.25, 0.3) is 0 Å². The van der Waals surface area contributed by atoms with E-state index >= 15 is 0 Å². The number of amides is 3. The normalized spacial score (nSPS) is 10.3. The van der Waals surface area contributed by atoms with Gasteiger partial charge in [-0.15, -0.1) is 0 Å². The van der Waals surface area contributed by atoms with Crippen molar-refractivity contribution in [3.8, 4) is 0 Å². The minimum absolute atomic E-state index is 0.0655. The fourth-order valence-electron chi connectivity index (χ4n) is 2.45. The minimum Gasteiger partial charge on any atom is -0.349 e. The summed E-state index contributed by atoms with van der Waals surface area (Å²) in [5, 5.41) is 5.51. The molecule has 0 saturated carbocycles. The third kappa shape index (κ3) is 5.88. The third-order valence-corrected chi connectivity index (χ3v) is 3.99. The number of rotatable bonds is 6. The van der Waals surface area contributed by atoms with Gasteiger partial charge >= 0.3 is 6.03 Å². The van der Waals surface area contributed by atoms with Gasteiger partial charge in [0.15, 0.2) is 0 Å². The molecule has 0 aliphatic heterocycles. The molecular weight excluding hydrogens is 333 g/mol. The van der Waals surface area contributed by atoms with E-state index in [-0.39, 0.29) is 17.8 Å². The smallest absolute Gasteiger partial charge is 0.319 e. The van der Waals surface area contributed by atoms with E-state index in [2.05, 4.69) is 10.6 Å². The molecule has 3 amide bonds. The van der Waals surface area contributed by atoms with Gasteiger partial charge in [0.05, 0.1) is 0 Å². The first-order valence-electron chi connectivity index (χ1n) is 8.44. The summed E-state index contributed by atoms with van der Waals surface area (Å²) in [6, 6.07) is 11.8. The molecule has 0 aromatic heterocycles. The Morgan fingerprint density at radius 2 is 1.85 bits per heavy atom. The van der Waals surface area contributed by atoms with Gasteiger partial charge in [-0.3, -0.25) is 4.79 Å². The van der Waals surface area contributed by atoms with Crippen molar-refractivity contribution in [1.82, 2.24) is 10.2 Å². The maximum absolute atomic E-state index is 13.3. The van der Waals surface area contributed by atoms with Crippen molar-refractivity contribution in [2.45, 2.75) is 26.3 Å². The number of hydrogen-bond acceptors (Lipinski definition) is 2. The number of anilines is 1. The molecule has 0 radical (unpaired) electrons. The van der Waals surface area contributed by atoms with E-state index in [1.54, 1.807) is 44.1 Å². The second kappa shape index (κ2) is 8.99. The lowest BCUT2D eigenvalue weighted by Crippen LogP contribution is -2.28. The molecule has 0 aliphatic rings. The van der Waals surface area contributed by atoms with Crippen molar-refractivity contribution in [2.24, 2.45) is 0 Å². The Hall–Kier alpha value is -2.89. The highest BCUT2D eigenvalue weighted by molar-refractivity contribution is 5.89. The van der Waals surface area contributed by atoms with E-state index in [0.29, 0.717) is 30.6 Å². The SMILES string of the molecule is Cc1cc(CNC(=O)Nc2cccc(CCC(=O)N(C)C)c2)ccc1F. The molecular formula is C20H24FN3O2. The van der Waals surface area contributed by atoms with E-state index in [9.17, 15) is 14.0 Å². The van der Waals surface area contributed by atoms with Crippen LogP contribution in [0.4, 0.5) is 14.9 Å². The van der Waals surface area contributed by atoms with Crippen LogP contribution in [0.1, 0.15) is 23.1 Å². The molecule has 2 N–H and O–H groups in total. The van der Waals surface area contributed by atoms with Crippen molar-refractivity contribution in [3.05, 3.63) is 65.0 Å². The van der Waals surface area contributed by atoms with Gasteiger partial charge < -0.3 is 15.5 Å². The van der Waals surface area contributed by atoms with Gasteiger partial charge in [0.25, 0.3) is 0 Å². The van der Waals surface area contributed by atoms with E-state index in [4.69, 9.17) is 0 Å². The van der Waals surface area contributed by atoms with E-state index in [1.807, 2.05) is 18.2 Å². The molecule has 2 aromatic rings. The molecule has 0 saturated heterocycles. The Bertz CT molecular complexity index is 790. The maximum Gasteiger partial charge on any atom is 0.319 e. The molecule has 2 aromatic carbocycles. The first-order valence-corrected chi connectivity index (χ1v) is 8.44. The first-order chi connectivity index (χ1) is 12.3. The summed E-state index contributed by atoms with van der Waals surface area (Å²) in [5.74, 6) is -0.196. The average Bonchev–Trinajstić information content (AvgIpc) is 2.61. The van der Waals surface area contributed by atoms with Crippen LogP contribution in [-0.4, -0.2) is 30.9 Å². The van der Waals surface area contributed by atoms with Crippen LogP contribution in [0.5, 0.6) is 0 Å². The summed E-state index contributed by atoms with van der Waals surface area (Å²) in [5.41, 5.74) is 3.01. The Labute approximate surface area is 153 Å². The average molecular weight is 357 g/mol. The molecule has 5 nitrogen and oxygen atoms in total. The van der Waals surface area contributed by atoms with Gasteiger partial charge in [-0.1, -0.05) is 24.3 Å². The number of aryl methyl sites for hydroxylation is 2. The number of nitrogens with one attached hydrogen (secondary N) is 2. The van der Waals surface area contributed by atoms with Crippen LogP contribution < -0.4 is 10.6 Å². The number of carbonyl (C=O) groups is 2. The van der Waals surface area contributed by atoms with Crippen molar-refractivity contribution in [3.63, 3.8) is 0 Å². The van der Waals surface area contributed by atoms with E-state index in [0.717, 1.165) is 11.1 Å². The monoisotopic (exact) mass is 357 g/mol. The molecule has 26 heavy (non-hydrogen) atoms. The topological polar surface area (TPSA) is 61.4 Å². The van der Waals surface area contributed by atoms with Crippen LogP contribution in [0.2, 0.25) is 0 Å². The summed E-state index contributed by atoms with van der Waals surface area (Å²) >= 11 is 0. The predicted molar refractivity (Wildman–Crippen MR) is 100 cm³/mol. The number of urea groups is 1. The summed E-state index contributed by atoms with van der Waals surface area (Å²) in [7, 11) is 3.46. The third-order valence-electron chi connectivity index (χ3n) is 3.99. The highest BCUT2D eigenvalue weighted by Gasteiger charge is 2.07. The summed E-state index contributed by atoms with van der Waals surface area (Å²) < 4.78 is 13.3. The van der Waals surface area contributed by atoms with Gasteiger partial charge in [0.2, 0.25) is 5.91 Å². The largest absolute Gasteiger partial charge is 0.349 e. The lowest BCUT2D eigenvalue weighted by Gasteiger charge is -2.11. The molecule has 0 fully saturated rings. The van der Waals surface area contributed by atoms with Crippen LogP contribution in [0.15, 0.2) is 42.5 Å². The standard InChI is InChI=1S/C20H24FN3O2/c1-14-11-16(7-9-18(14)21)13-22-20(26)23-17-6-4-5-15(12-17)8-10-19(25)24(2)3/h4-7,9,11-12H,8,10,13H2,1-3H3,(H2,22,23,26). The van der Waals surface area contributed by atoms with Gasteiger partial charge in [0, 0.05) is 32.7 Å². The van der Waals surface area contributed by atoms with E-state index < -0.39 is 0 Å². The highest BCUT2D eigenvalue weighted by Crippen LogP contribution is 2.13. The Balaban J connectivity index is 1.87. The van der Waals surface area contributed by atoms with Gasteiger partial charge in [-0.2, -0.15) is 0 Å². The quantitative estimate of drug-likeness (QED) is 0.831. The molecule has 138 valence electrons. The van der Waals surface area contributed by atoms with E-state index in [1.165, 1.54) is 6.07 Å². The molecule has 0 atom stereocenters. The Morgan fingerprint density at radius 1 is 1.08 bits per heavy atom. The van der Waals surface area contributed by atoms with Crippen LogP contribution in [0, 0.1) is 12.7 Å². The van der Waals surface area contributed by atoms with Gasteiger partial charge in [-0.05, 0) is 48.2 Å². The second-order valence-electron chi connectivity index (χ2n) is 6.38. The van der Waals surface area contributed by atoms with Crippen LogP contribution in [0.3, 0.4) is 0 Å². The maximum atomic E-state index is 13.3. The molecule has 0 spiro atoms. The summed E-state index contributed by atoms with van der Waals surface area (Å²) in [6.45, 7) is 2.00.